The average molecular weight is 1610 g/mol. The number of phosphoric ester groups is 2. The Balaban J connectivity index is 5.48. The molecule has 0 aliphatic carbocycles. The Bertz CT molecular complexity index is 2790. The van der Waals surface area contributed by atoms with Gasteiger partial charge in [-0.15, -0.1) is 0 Å². The molecule has 3 N–H and O–H groups in total. The van der Waals surface area contributed by atoms with E-state index in [0.29, 0.717) is 32.1 Å². The minimum Gasteiger partial charge on any atom is -0.462 e. The van der Waals surface area contributed by atoms with E-state index in [1.54, 1.807) is 0 Å². The number of esters is 4. The van der Waals surface area contributed by atoms with Crippen molar-refractivity contribution in [2.45, 2.75) is 354 Å². The Morgan fingerprint density at radius 2 is 0.473 bits per heavy atom. The molecule has 0 spiro atoms. The molecule has 0 saturated carbocycles. The van der Waals surface area contributed by atoms with Crippen LogP contribution in [0.1, 0.15) is 336 Å². The molecule has 5 unspecified atom stereocenters. The molecule has 0 aliphatic rings. The molecule has 17 nitrogen and oxygen atoms in total. The molecule has 5 atom stereocenters. The largest absolute Gasteiger partial charge is 0.472 e. The minimum atomic E-state index is -5.01. The van der Waals surface area contributed by atoms with Crippen LogP contribution in [0, 0.1) is 0 Å². The maximum Gasteiger partial charge on any atom is 0.472 e. The Kier molecular flexibility index (Phi) is 79.2. The monoisotopic (exact) mass is 1610 g/mol. The normalized spacial score (nSPS) is 14.6. The SMILES string of the molecule is CC/C=C\C/C=C\C/C=C\C/C=C\C/C=C\CCCC(=O)OCC(COP(=O)(O)OCC(O)COP(=O)(O)OCC(COC(=O)CCCCCCCC/C=C\C/C=C\C/C=C\CCCCC)OC(=O)CCCCCCCC/C=C\C/C=C\C/C=C\CCCCC)OC(=O)CCCCCCCCC/C=C\C/C=C\C/C=C\CC. The first kappa shape index (κ1) is 106. The van der Waals surface area contributed by atoms with Gasteiger partial charge in [-0.05, 0) is 173 Å². The summed E-state index contributed by atoms with van der Waals surface area (Å²) in [5.74, 6) is -2.28. The van der Waals surface area contributed by atoms with Gasteiger partial charge in [0.05, 0.1) is 26.4 Å². The first-order valence-electron chi connectivity index (χ1n) is 43.4. The third kappa shape index (κ3) is 82.4. The van der Waals surface area contributed by atoms with E-state index < -0.39 is 97.5 Å². The Hall–Kier alpha value is -5.58. The Morgan fingerprint density at radius 3 is 0.750 bits per heavy atom. The molecule has 0 aromatic carbocycles. The first-order chi connectivity index (χ1) is 54.7. The fourth-order valence-corrected chi connectivity index (χ4v) is 12.7. The topological polar surface area (TPSA) is 237 Å². The lowest BCUT2D eigenvalue weighted by Crippen LogP contribution is -2.30. The highest BCUT2D eigenvalue weighted by atomic mass is 31.2. The fraction of sp³-hybridized carbons (Fsp3) is 0.656. The maximum absolute atomic E-state index is 13.2. The number of ether oxygens (including phenoxy) is 4. The van der Waals surface area contributed by atoms with E-state index in [2.05, 4.69) is 186 Å². The van der Waals surface area contributed by atoms with Gasteiger partial charge in [0.2, 0.25) is 0 Å². The molecule has 0 aliphatic heterocycles. The van der Waals surface area contributed by atoms with Gasteiger partial charge in [-0.2, -0.15) is 0 Å². The van der Waals surface area contributed by atoms with Crippen LogP contribution in [0.15, 0.2) is 170 Å². The molecular weight excluding hydrogens is 1450 g/mol. The van der Waals surface area contributed by atoms with Gasteiger partial charge < -0.3 is 33.8 Å². The second-order valence-electron chi connectivity index (χ2n) is 28.4. The number of aliphatic hydroxyl groups excluding tert-OH is 1. The molecule has 19 heteroatoms. The third-order valence-corrected chi connectivity index (χ3v) is 19.5. The summed E-state index contributed by atoms with van der Waals surface area (Å²) in [5.41, 5.74) is 0. The van der Waals surface area contributed by atoms with Crippen LogP contribution in [-0.2, 0) is 65.4 Å². The average Bonchev–Trinajstić information content (AvgIpc) is 0.898. The molecule has 0 amide bonds. The minimum absolute atomic E-state index is 0.0654. The zero-order chi connectivity index (χ0) is 81.7. The van der Waals surface area contributed by atoms with Crippen LogP contribution >= 0.6 is 15.6 Å². The smallest absolute Gasteiger partial charge is 0.462 e. The van der Waals surface area contributed by atoms with E-state index in [0.717, 1.165) is 212 Å². The standard InChI is InChI=1S/C93H154O17P2/c1-5-9-13-17-21-25-29-33-37-41-43-47-50-54-58-62-66-70-74-78-91(96)104-84-89(110-93(98)80-76-72-68-64-60-56-52-48-44-42-38-34-30-26-22-18-14-10-6-2)86-108-112(101,102)106-82-87(94)81-105-111(99,100)107-85-88(109-92(97)79-75-71-67-63-59-55-51-46-40-36-32-28-24-20-16-12-8-4)83-103-90(95)77-73-69-65-61-57-53-49-45-39-35-31-27-23-19-15-11-7-3/h11-12,15-16,21-28,33-40,43-44,47-49,53,61,65,87-89,94H,5-10,13-14,17-20,29-32,41-42,45-46,50-52,54-60,62-64,66-86H2,1-4H3,(H,99,100)(H,101,102)/b15-11-,16-12-,25-21-,26-22-,27-23-,28-24-,37-33-,38-34-,39-35-,40-36-,47-43-,48-44-,53-49-,65-61-. The zero-order valence-corrected chi connectivity index (χ0v) is 71.8. The second kappa shape index (κ2) is 83.4. The van der Waals surface area contributed by atoms with Crippen LogP contribution in [0.2, 0.25) is 0 Å². The van der Waals surface area contributed by atoms with Gasteiger partial charge in [0, 0.05) is 25.7 Å². The lowest BCUT2D eigenvalue weighted by atomic mass is 10.1. The zero-order valence-electron chi connectivity index (χ0n) is 70.0. The number of unbranched alkanes of at least 4 members (excludes halogenated alkanes) is 26. The molecule has 0 rings (SSSR count). The quantitative estimate of drug-likeness (QED) is 0.0169. The first-order valence-corrected chi connectivity index (χ1v) is 46.4. The highest BCUT2D eigenvalue weighted by Crippen LogP contribution is 2.45. The van der Waals surface area contributed by atoms with Crippen molar-refractivity contribution in [2.24, 2.45) is 0 Å². The van der Waals surface area contributed by atoms with Gasteiger partial charge in [0.15, 0.2) is 12.2 Å². The number of carbonyl (C=O) groups is 4. The molecule has 0 bridgehead atoms. The van der Waals surface area contributed by atoms with Gasteiger partial charge in [-0.25, -0.2) is 9.13 Å². The van der Waals surface area contributed by atoms with Crippen molar-refractivity contribution in [3.63, 3.8) is 0 Å². The van der Waals surface area contributed by atoms with Gasteiger partial charge in [0.1, 0.15) is 19.3 Å². The van der Waals surface area contributed by atoms with Crippen molar-refractivity contribution < 1.29 is 80.2 Å². The number of rotatable bonds is 80. The van der Waals surface area contributed by atoms with E-state index in [9.17, 15) is 43.2 Å². The van der Waals surface area contributed by atoms with E-state index in [1.165, 1.54) is 38.5 Å². The number of allylic oxidation sites excluding steroid dienone is 28. The summed E-state index contributed by atoms with van der Waals surface area (Å²) in [7, 11) is -10.0. The number of hydrogen-bond acceptors (Lipinski definition) is 15. The summed E-state index contributed by atoms with van der Waals surface area (Å²) in [6.07, 6.45) is 100. The second-order valence-corrected chi connectivity index (χ2v) is 31.3. The number of aliphatic hydroxyl groups is 1. The van der Waals surface area contributed by atoms with Gasteiger partial charge >= 0.3 is 39.5 Å². The van der Waals surface area contributed by atoms with Gasteiger partial charge in [-0.3, -0.25) is 37.3 Å². The van der Waals surface area contributed by atoms with Crippen molar-refractivity contribution in [1.82, 2.24) is 0 Å². The molecule has 0 radical (unpaired) electrons. The van der Waals surface area contributed by atoms with E-state index in [1.807, 2.05) is 12.2 Å². The predicted molar refractivity (Wildman–Crippen MR) is 463 cm³/mol. The molecule has 638 valence electrons. The van der Waals surface area contributed by atoms with Crippen molar-refractivity contribution >= 4 is 39.5 Å². The highest BCUT2D eigenvalue weighted by Gasteiger charge is 2.30. The van der Waals surface area contributed by atoms with E-state index >= 15 is 0 Å². The van der Waals surface area contributed by atoms with Crippen LogP contribution in [0.3, 0.4) is 0 Å². The summed E-state index contributed by atoms with van der Waals surface area (Å²) in [4.78, 5) is 73.3. The highest BCUT2D eigenvalue weighted by molar-refractivity contribution is 7.47. The predicted octanol–water partition coefficient (Wildman–Crippen LogP) is 26.1. The van der Waals surface area contributed by atoms with Crippen molar-refractivity contribution in [3.8, 4) is 0 Å². The van der Waals surface area contributed by atoms with Gasteiger partial charge in [-0.1, -0.05) is 307 Å². The molecule has 0 fully saturated rings. The van der Waals surface area contributed by atoms with Crippen LogP contribution in [-0.4, -0.2) is 96.7 Å². The third-order valence-electron chi connectivity index (χ3n) is 17.6. The van der Waals surface area contributed by atoms with Crippen molar-refractivity contribution in [3.05, 3.63) is 170 Å². The summed E-state index contributed by atoms with van der Waals surface area (Å²) in [6, 6.07) is 0. The van der Waals surface area contributed by atoms with E-state index in [4.69, 9.17) is 37.0 Å². The lowest BCUT2D eigenvalue weighted by molar-refractivity contribution is -0.161. The molecule has 112 heavy (non-hydrogen) atoms. The van der Waals surface area contributed by atoms with Crippen LogP contribution in [0.25, 0.3) is 0 Å². The lowest BCUT2D eigenvalue weighted by Gasteiger charge is -2.21. The number of carbonyl (C=O) groups excluding carboxylic acids is 4. The molecular formula is C93H154O17P2. The van der Waals surface area contributed by atoms with Crippen LogP contribution < -0.4 is 0 Å². The van der Waals surface area contributed by atoms with Crippen LogP contribution in [0.4, 0.5) is 0 Å². The van der Waals surface area contributed by atoms with Crippen molar-refractivity contribution in [1.29, 1.82) is 0 Å². The maximum atomic E-state index is 13.2. The Labute approximate surface area is 680 Å². The molecule has 0 aromatic heterocycles. The Morgan fingerprint density at radius 1 is 0.259 bits per heavy atom. The summed E-state index contributed by atoms with van der Waals surface area (Å²) < 4.78 is 68.8. The van der Waals surface area contributed by atoms with Crippen LogP contribution in [0.5, 0.6) is 0 Å². The van der Waals surface area contributed by atoms with E-state index in [-0.39, 0.29) is 25.7 Å². The fourth-order valence-electron chi connectivity index (χ4n) is 11.1. The molecule has 0 heterocycles. The molecule has 0 aromatic rings. The molecule has 0 saturated heterocycles. The summed E-state index contributed by atoms with van der Waals surface area (Å²) >= 11 is 0. The van der Waals surface area contributed by atoms with Crippen molar-refractivity contribution in [2.75, 3.05) is 39.6 Å². The van der Waals surface area contributed by atoms with Gasteiger partial charge in [0.25, 0.3) is 0 Å². The number of hydrogen-bond donors (Lipinski definition) is 3. The summed E-state index contributed by atoms with van der Waals surface area (Å²) in [5, 5.41) is 10.7. The number of phosphoric acid groups is 2. The summed E-state index contributed by atoms with van der Waals surface area (Å²) in [6.45, 7) is 4.52.